The van der Waals surface area contributed by atoms with Crippen LogP contribution in [0.5, 0.6) is 0 Å². The summed E-state index contributed by atoms with van der Waals surface area (Å²) in [4.78, 5) is 1.12. The van der Waals surface area contributed by atoms with Crippen LogP contribution < -0.4 is 5.73 Å². The Kier molecular flexibility index (Phi) is 3.70. The first-order valence-corrected chi connectivity index (χ1v) is 4.49. The van der Waals surface area contributed by atoms with Crippen LogP contribution in [0.2, 0.25) is 0 Å². The number of hydrogen-bond donors (Lipinski definition) is 2. The van der Waals surface area contributed by atoms with E-state index in [1.165, 1.54) is 0 Å². The largest absolute Gasteiger partial charge is 0.399 e. The summed E-state index contributed by atoms with van der Waals surface area (Å²) < 4.78 is 0. The van der Waals surface area contributed by atoms with Gasteiger partial charge in [-0.15, -0.1) is 0 Å². The minimum atomic E-state index is 0.0853. The molecule has 0 saturated carbocycles. The highest BCUT2D eigenvalue weighted by Gasteiger charge is 1.88. The molecular formula is C9H11NOS. The Morgan fingerprint density at radius 2 is 2.00 bits per heavy atom. The molecule has 3 heteroatoms. The summed E-state index contributed by atoms with van der Waals surface area (Å²) in [6.45, 7) is 0.0853. The monoisotopic (exact) mass is 181 g/mol. The molecule has 0 atom stereocenters. The lowest BCUT2D eigenvalue weighted by Crippen LogP contribution is -1.81. The molecule has 0 bridgehead atoms. The van der Waals surface area contributed by atoms with Crippen LogP contribution in [0.25, 0.3) is 0 Å². The maximum absolute atomic E-state index is 8.47. The molecule has 0 spiro atoms. The summed E-state index contributed by atoms with van der Waals surface area (Å²) in [6.07, 6.45) is 1.70. The lowest BCUT2D eigenvalue weighted by atomic mass is 10.3. The summed E-state index contributed by atoms with van der Waals surface area (Å²) in [6, 6.07) is 7.60. The standard InChI is InChI=1S/C9H11NOS/c10-8-2-4-9(5-3-8)12-7-1-6-11/h1-5,7,11H,6,10H2/b7-1-. The van der Waals surface area contributed by atoms with Crippen LogP contribution in [0.15, 0.2) is 40.6 Å². The maximum atomic E-state index is 8.47. The second kappa shape index (κ2) is 4.85. The summed E-state index contributed by atoms with van der Waals surface area (Å²) >= 11 is 1.56. The van der Waals surface area contributed by atoms with Gasteiger partial charge in [0.05, 0.1) is 6.61 Å². The third kappa shape index (κ3) is 2.98. The zero-order valence-electron chi connectivity index (χ0n) is 6.60. The Morgan fingerprint density at radius 1 is 1.33 bits per heavy atom. The molecule has 1 aromatic rings. The summed E-state index contributed by atoms with van der Waals surface area (Å²) in [5, 5.41) is 10.3. The van der Waals surface area contributed by atoms with Gasteiger partial charge in [-0.2, -0.15) is 0 Å². The van der Waals surface area contributed by atoms with E-state index in [9.17, 15) is 0 Å². The number of hydrogen-bond acceptors (Lipinski definition) is 3. The van der Waals surface area contributed by atoms with E-state index in [-0.39, 0.29) is 6.61 Å². The molecule has 0 aliphatic carbocycles. The van der Waals surface area contributed by atoms with Crippen molar-refractivity contribution in [3.63, 3.8) is 0 Å². The number of aliphatic hydroxyl groups excluding tert-OH is 1. The summed E-state index contributed by atoms with van der Waals surface area (Å²) in [7, 11) is 0. The lowest BCUT2D eigenvalue weighted by molar-refractivity contribution is 0.343. The molecule has 0 heterocycles. The number of aliphatic hydroxyl groups is 1. The van der Waals surface area contributed by atoms with Gasteiger partial charge in [0.2, 0.25) is 0 Å². The van der Waals surface area contributed by atoms with E-state index in [0.29, 0.717) is 0 Å². The molecule has 0 aliphatic heterocycles. The number of rotatable bonds is 3. The third-order valence-electron chi connectivity index (χ3n) is 1.29. The van der Waals surface area contributed by atoms with E-state index in [1.807, 2.05) is 29.7 Å². The van der Waals surface area contributed by atoms with E-state index in [0.717, 1.165) is 10.6 Å². The molecule has 0 saturated heterocycles. The molecule has 0 aromatic heterocycles. The van der Waals surface area contributed by atoms with Gasteiger partial charge in [0.15, 0.2) is 0 Å². The summed E-state index contributed by atoms with van der Waals surface area (Å²) in [5.74, 6) is 0. The van der Waals surface area contributed by atoms with Crippen LogP contribution in [-0.2, 0) is 0 Å². The van der Waals surface area contributed by atoms with Gasteiger partial charge in [-0.05, 0) is 29.7 Å². The smallest absolute Gasteiger partial charge is 0.0620 e. The fraction of sp³-hybridized carbons (Fsp3) is 0.111. The van der Waals surface area contributed by atoms with Crippen LogP contribution >= 0.6 is 11.8 Å². The summed E-state index contributed by atoms with van der Waals surface area (Å²) in [5.41, 5.74) is 6.28. The molecule has 0 unspecified atom stereocenters. The van der Waals surface area contributed by atoms with E-state index in [4.69, 9.17) is 10.8 Å². The predicted molar refractivity (Wildman–Crippen MR) is 52.9 cm³/mol. The van der Waals surface area contributed by atoms with E-state index < -0.39 is 0 Å². The van der Waals surface area contributed by atoms with Crippen LogP contribution in [0.1, 0.15) is 0 Å². The van der Waals surface area contributed by atoms with Crippen molar-refractivity contribution >= 4 is 17.4 Å². The molecule has 0 fully saturated rings. The SMILES string of the molecule is Nc1ccc(S/C=C\CO)cc1. The highest BCUT2D eigenvalue weighted by molar-refractivity contribution is 8.02. The third-order valence-corrected chi connectivity index (χ3v) is 2.16. The quantitative estimate of drug-likeness (QED) is 0.552. The average Bonchev–Trinajstić information content (AvgIpc) is 2.09. The second-order valence-corrected chi connectivity index (χ2v) is 3.22. The van der Waals surface area contributed by atoms with Gasteiger partial charge >= 0.3 is 0 Å². The minimum absolute atomic E-state index is 0.0853. The average molecular weight is 181 g/mol. The topological polar surface area (TPSA) is 46.2 Å². The van der Waals surface area contributed by atoms with Gasteiger partial charge in [-0.25, -0.2) is 0 Å². The highest BCUT2D eigenvalue weighted by atomic mass is 32.2. The molecule has 1 aromatic carbocycles. The number of nitrogen functional groups attached to an aromatic ring is 1. The first-order valence-electron chi connectivity index (χ1n) is 3.61. The van der Waals surface area contributed by atoms with Crippen molar-refractivity contribution in [2.45, 2.75) is 4.90 Å². The molecule has 1 rings (SSSR count). The van der Waals surface area contributed by atoms with Crippen molar-refractivity contribution in [2.24, 2.45) is 0 Å². The zero-order valence-corrected chi connectivity index (χ0v) is 7.42. The van der Waals surface area contributed by atoms with E-state index in [1.54, 1.807) is 17.8 Å². The van der Waals surface area contributed by atoms with Crippen molar-refractivity contribution in [1.82, 2.24) is 0 Å². The van der Waals surface area contributed by atoms with Crippen LogP contribution in [0.3, 0.4) is 0 Å². The Hall–Kier alpha value is -0.930. The Morgan fingerprint density at radius 3 is 2.58 bits per heavy atom. The van der Waals surface area contributed by atoms with Crippen molar-refractivity contribution in [2.75, 3.05) is 12.3 Å². The van der Waals surface area contributed by atoms with Gasteiger partial charge in [-0.1, -0.05) is 17.8 Å². The molecule has 2 nitrogen and oxygen atoms in total. The highest BCUT2D eigenvalue weighted by Crippen LogP contribution is 2.19. The molecular weight excluding hydrogens is 170 g/mol. The van der Waals surface area contributed by atoms with Gasteiger partial charge in [0.1, 0.15) is 0 Å². The first kappa shape index (κ1) is 9.16. The second-order valence-electron chi connectivity index (χ2n) is 2.24. The fourth-order valence-corrected chi connectivity index (χ4v) is 1.35. The van der Waals surface area contributed by atoms with Crippen molar-refractivity contribution in [3.8, 4) is 0 Å². The van der Waals surface area contributed by atoms with Gasteiger partial charge in [0.25, 0.3) is 0 Å². The van der Waals surface area contributed by atoms with Crippen LogP contribution in [0.4, 0.5) is 5.69 Å². The van der Waals surface area contributed by atoms with Crippen LogP contribution in [-0.4, -0.2) is 11.7 Å². The molecule has 12 heavy (non-hydrogen) atoms. The Balaban J connectivity index is 2.53. The van der Waals surface area contributed by atoms with Crippen molar-refractivity contribution < 1.29 is 5.11 Å². The predicted octanol–water partition coefficient (Wildman–Crippen LogP) is 1.87. The van der Waals surface area contributed by atoms with Crippen LogP contribution in [0, 0.1) is 0 Å². The van der Waals surface area contributed by atoms with Gasteiger partial charge in [0, 0.05) is 10.6 Å². The normalized spacial score (nSPS) is 10.8. The Bertz CT molecular complexity index is 256. The number of benzene rings is 1. The fourth-order valence-electron chi connectivity index (χ4n) is 0.716. The molecule has 64 valence electrons. The first-order chi connectivity index (χ1) is 5.83. The molecule has 0 amide bonds. The van der Waals surface area contributed by atoms with Crippen molar-refractivity contribution in [3.05, 3.63) is 35.7 Å². The maximum Gasteiger partial charge on any atom is 0.0620 e. The van der Waals surface area contributed by atoms with Crippen molar-refractivity contribution in [1.29, 1.82) is 0 Å². The van der Waals surface area contributed by atoms with E-state index in [2.05, 4.69) is 0 Å². The number of nitrogens with two attached hydrogens (primary N) is 1. The van der Waals surface area contributed by atoms with E-state index >= 15 is 0 Å². The Labute approximate surface area is 76.1 Å². The lowest BCUT2D eigenvalue weighted by Gasteiger charge is -1.95. The minimum Gasteiger partial charge on any atom is -0.399 e. The molecule has 0 radical (unpaired) electrons. The molecule has 0 aliphatic rings. The zero-order chi connectivity index (χ0) is 8.81. The van der Waals surface area contributed by atoms with Gasteiger partial charge < -0.3 is 10.8 Å². The number of anilines is 1. The number of thioether (sulfide) groups is 1. The van der Waals surface area contributed by atoms with Gasteiger partial charge in [-0.3, -0.25) is 0 Å². The molecule has 3 N–H and O–H groups in total.